The molecule has 0 unspecified atom stereocenters. The van der Waals surface area contributed by atoms with Crippen LogP contribution >= 0.6 is 11.6 Å². The summed E-state index contributed by atoms with van der Waals surface area (Å²) in [5.41, 5.74) is 2.43. The number of hydrogen-bond donors (Lipinski definition) is 1. The third-order valence-electron chi connectivity index (χ3n) is 2.80. The normalized spacial score (nSPS) is 10.4. The third kappa shape index (κ3) is 4.89. The van der Waals surface area contributed by atoms with Gasteiger partial charge < -0.3 is 5.32 Å². The van der Waals surface area contributed by atoms with E-state index in [1.165, 1.54) is 43.4 Å². The van der Waals surface area contributed by atoms with Crippen molar-refractivity contribution < 1.29 is 0 Å². The summed E-state index contributed by atoms with van der Waals surface area (Å²) in [7, 11) is 0. The van der Waals surface area contributed by atoms with Gasteiger partial charge in [-0.05, 0) is 31.0 Å². The topological polar surface area (TPSA) is 12.0 Å². The number of anilines is 1. The van der Waals surface area contributed by atoms with Gasteiger partial charge in [0.25, 0.3) is 0 Å². The van der Waals surface area contributed by atoms with E-state index < -0.39 is 0 Å². The predicted molar refractivity (Wildman–Crippen MR) is 73.4 cm³/mol. The highest BCUT2D eigenvalue weighted by molar-refractivity contribution is 6.30. The molecule has 1 N–H and O–H groups in total. The van der Waals surface area contributed by atoms with Crippen LogP contribution in [0.2, 0.25) is 5.02 Å². The van der Waals surface area contributed by atoms with Crippen molar-refractivity contribution >= 4 is 17.3 Å². The van der Waals surface area contributed by atoms with Crippen molar-refractivity contribution in [2.45, 2.75) is 46.0 Å². The molecule has 0 aliphatic heterocycles. The molecular formula is C14H22ClN. The molecule has 0 spiro atoms. The Balaban J connectivity index is 2.23. The van der Waals surface area contributed by atoms with E-state index >= 15 is 0 Å². The molecule has 1 aromatic rings. The molecule has 0 radical (unpaired) electrons. The van der Waals surface area contributed by atoms with Gasteiger partial charge in [-0.2, -0.15) is 0 Å². The monoisotopic (exact) mass is 239 g/mol. The van der Waals surface area contributed by atoms with Gasteiger partial charge >= 0.3 is 0 Å². The standard InChI is InChI=1S/C14H22ClN/c1-3-4-5-6-7-10-16-14-11-13(15)9-8-12(14)2/h8-9,11,16H,3-7,10H2,1-2H3. The molecule has 16 heavy (non-hydrogen) atoms. The largest absolute Gasteiger partial charge is 0.385 e. The fourth-order valence-electron chi connectivity index (χ4n) is 1.74. The van der Waals surface area contributed by atoms with Gasteiger partial charge in [-0.25, -0.2) is 0 Å². The molecule has 0 aromatic heterocycles. The SMILES string of the molecule is CCCCCCCNc1cc(Cl)ccc1C. The zero-order chi connectivity index (χ0) is 11.8. The summed E-state index contributed by atoms with van der Waals surface area (Å²) in [4.78, 5) is 0. The van der Waals surface area contributed by atoms with Gasteiger partial charge in [-0.15, -0.1) is 0 Å². The van der Waals surface area contributed by atoms with Gasteiger partial charge in [0.15, 0.2) is 0 Å². The first kappa shape index (κ1) is 13.4. The highest BCUT2D eigenvalue weighted by Gasteiger charge is 1.98. The van der Waals surface area contributed by atoms with Crippen LogP contribution in [0.25, 0.3) is 0 Å². The Morgan fingerprint density at radius 2 is 1.88 bits per heavy atom. The first-order valence-corrected chi connectivity index (χ1v) is 6.62. The van der Waals surface area contributed by atoms with Crippen LogP contribution in [0, 0.1) is 6.92 Å². The van der Waals surface area contributed by atoms with Crippen LogP contribution in [-0.2, 0) is 0 Å². The highest BCUT2D eigenvalue weighted by Crippen LogP contribution is 2.20. The van der Waals surface area contributed by atoms with Crippen molar-refractivity contribution in [2.24, 2.45) is 0 Å². The number of benzene rings is 1. The summed E-state index contributed by atoms with van der Waals surface area (Å²) in [6.45, 7) is 5.40. The van der Waals surface area contributed by atoms with Crippen molar-refractivity contribution in [3.05, 3.63) is 28.8 Å². The van der Waals surface area contributed by atoms with E-state index in [2.05, 4.69) is 25.2 Å². The summed E-state index contributed by atoms with van der Waals surface area (Å²) in [6.07, 6.45) is 6.58. The first-order chi connectivity index (χ1) is 7.74. The summed E-state index contributed by atoms with van der Waals surface area (Å²) >= 11 is 5.96. The van der Waals surface area contributed by atoms with Crippen LogP contribution in [0.5, 0.6) is 0 Å². The first-order valence-electron chi connectivity index (χ1n) is 6.24. The zero-order valence-corrected chi connectivity index (χ0v) is 11.1. The number of unbranched alkanes of at least 4 members (excludes halogenated alkanes) is 4. The second-order valence-corrected chi connectivity index (χ2v) is 4.74. The number of aryl methyl sites for hydroxylation is 1. The van der Waals surface area contributed by atoms with Crippen LogP contribution in [-0.4, -0.2) is 6.54 Å². The molecule has 0 amide bonds. The fourth-order valence-corrected chi connectivity index (χ4v) is 1.91. The van der Waals surface area contributed by atoms with Gasteiger partial charge in [-0.3, -0.25) is 0 Å². The number of rotatable bonds is 7. The zero-order valence-electron chi connectivity index (χ0n) is 10.4. The molecular weight excluding hydrogens is 218 g/mol. The van der Waals surface area contributed by atoms with Crippen LogP contribution in [0.15, 0.2) is 18.2 Å². The van der Waals surface area contributed by atoms with E-state index in [4.69, 9.17) is 11.6 Å². The maximum atomic E-state index is 5.96. The van der Waals surface area contributed by atoms with Crippen molar-refractivity contribution in [1.82, 2.24) is 0 Å². The minimum atomic E-state index is 0.805. The fraction of sp³-hybridized carbons (Fsp3) is 0.571. The molecule has 0 aliphatic carbocycles. The predicted octanol–water partition coefficient (Wildman–Crippen LogP) is 5.03. The Morgan fingerprint density at radius 3 is 2.62 bits per heavy atom. The molecule has 1 nitrogen and oxygen atoms in total. The highest BCUT2D eigenvalue weighted by atomic mass is 35.5. The van der Waals surface area contributed by atoms with Crippen molar-refractivity contribution in [1.29, 1.82) is 0 Å². The summed E-state index contributed by atoms with van der Waals surface area (Å²) < 4.78 is 0. The molecule has 90 valence electrons. The lowest BCUT2D eigenvalue weighted by molar-refractivity contribution is 0.645. The molecule has 0 heterocycles. The molecule has 0 fully saturated rings. The lowest BCUT2D eigenvalue weighted by atomic mass is 10.1. The molecule has 0 atom stereocenters. The summed E-state index contributed by atoms with van der Waals surface area (Å²) in [6, 6.07) is 5.99. The number of nitrogens with one attached hydrogen (secondary N) is 1. The molecule has 2 heteroatoms. The Morgan fingerprint density at radius 1 is 1.12 bits per heavy atom. The Bertz CT molecular complexity index is 310. The van der Waals surface area contributed by atoms with Gasteiger partial charge in [0.05, 0.1) is 0 Å². The smallest absolute Gasteiger partial charge is 0.0426 e. The van der Waals surface area contributed by atoms with E-state index in [1.54, 1.807) is 0 Å². The number of hydrogen-bond acceptors (Lipinski definition) is 1. The quantitative estimate of drug-likeness (QED) is 0.658. The van der Waals surface area contributed by atoms with E-state index in [0.717, 1.165) is 11.6 Å². The van der Waals surface area contributed by atoms with Gasteiger partial charge in [0, 0.05) is 17.3 Å². The second-order valence-electron chi connectivity index (χ2n) is 4.30. The van der Waals surface area contributed by atoms with Gasteiger partial charge in [0.2, 0.25) is 0 Å². The van der Waals surface area contributed by atoms with Crippen LogP contribution in [0.1, 0.15) is 44.6 Å². The lowest BCUT2D eigenvalue weighted by Gasteiger charge is -2.09. The molecule has 1 rings (SSSR count). The summed E-state index contributed by atoms with van der Waals surface area (Å²) in [5, 5.41) is 4.25. The van der Waals surface area contributed by atoms with Crippen molar-refractivity contribution in [2.75, 3.05) is 11.9 Å². The minimum absolute atomic E-state index is 0.805. The third-order valence-corrected chi connectivity index (χ3v) is 3.03. The molecule has 0 saturated carbocycles. The Kier molecular flexibility index (Phi) is 6.32. The average molecular weight is 240 g/mol. The average Bonchev–Trinajstić information content (AvgIpc) is 2.28. The lowest BCUT2D eigenvalue weighted by Crippen LogP contribution is -2.02. The molecule has 1 aromatic carbocycles. The summed E-state index contributed by atoms with van der Waals surface area (Å²) in [5.74, 6) is 0. The van der Waals surface area contributed by atoms with E-state index in [0.29, 0.717) is 0 Å². The van der Waals surface area contributed by atoms with E-state index in [1.807, 2.05) is 12.1 Å². The Hall–Kier alpha value is -0.690. The van der Waals surface area contributed by atoms with Crippen LogP contribution in [0.3, 0.4) is 0 Å². The van der Waals surface area contributed by atoms with Crippen LogP contribution in [0.4, 0.5) is 5.69 Å². The van der Waals surface area contributed by atoms with Crippen molar-refractivity contribution in [3.8, 4) is 0 Å². The number of halogens is 1. The second kappa shape index (κ2) is 7.56. The van der Waals surface area contributed by atoms with Crippen molar-refractivity contribution in [3.63, 3.8) is 0 Å². The van der Waals surface area contributed by atoms with Crippen LogP contribution < -0.4 is 5.32 Å². The van der Waals surface area contributed by atoms with E-state index in [9.17, 15) is 0 Å². The minimum Gasteiger partial charge on any atom is -0.385 e. The Labute approximate surface area is 104 Å². The van der Waals surface area contributed by atoms with Gasteiger partial charge in [0.1, 0.15) is 0 Å². The molecule has 0 aliphatic rings. The maximum Gasteiger partial charge on any atom is 0.0426 e. The molecule has 0 bridgehead atoms. The maximum absolute atomic E-state index is 5.96. The van der Waals surface area contributed by atoms with Gasteiger partial charge in [-0.1, -0.05) is 50.3 Å². The molecule has 0 saturated heterocycles. The van der Waals surface area contributed by atoms with E-state index in [-0.39, 0.29) is 0 Å².